The summed E-state index contributed by atoms with van der Waals surface area (Å²) < 4.78 is 0. The maximum absolute atomic E-state index is 11.6. The lowest BCUT2D eigenvalue weighted by atomic mass is 9.78. The van der Waals surface area contributed by atoms with E-state index in [1.165, 1.54) is 51.4 Å². The molecular formula is C13H21NO. The van der Waals surface area contributed by atoms with E-state index in [1.54, 1.807) is 6.92 Å². The number of hydrogen-bond acceptors (Lipinski definition) is 1. The first-order valence-electron chi connectivity index (χ1n) is 6.57. The molecule has 3 rings (SSSR count). The molecule has 84 valence electrons. The third kappa shape index (κ3) is 1.20. The third-order valence-electron chi connectivity index (χ3n) is 4.98. The highest BCUT2D eigenvalue weighted by Crippen LogP contribution is 2.60. The number of likely N-dealkylation sites (tertiary alicyclic amines) is 1. The summed E-state index contributed by atoms with van der Waals surface area (Å²) >= 11 is 0. The van der Waals surface area contributed by atoms with Crippen LogP contribution in [0.1, 0.15) is 58.3 Å². The van der Waals surface area contributed by atoms with E-state index in [4.69, 9.17) is 0 Å². The van der Waals surface area contributed by atoms with Crippen molar-refractivity contribution in [2.75, 3.05) is 0 Å². The molecular weight excluding hydrogens is 186 g/mol. The summed E-state index contributed by atoms with van der Waals surface area (Å²) in [7, 11) is 0. The van der Waals surface area contributed by atoms with Crippen molar-refractivity contribution in [2.24, 2.45) is 5.92 Å². The van der Waals surface area contributed by atoms with Crippen molar-refractivity contribution in [3.8, 4) is 0 Å². The number of rotatable bonds is 1. The van der Waals surface area contributed by atoms with Gasteiger partial charge < -0.3 is 4.90 Å². The van der Waals surface area contributed by atoms with Crippen LogP contribution in [-0.4, -0.2) is 22.4 Å². The SMILES string of the molecule is CC(=O)N1C2CCCC21C1CCCCC1. The van der Waals surface area contributed by atoms with Gasteiger partial charge in [-0.25, -0.2) is 0 Å². The number of carbonyl (C=O) groups is 1. The standard InChI is InChI=1S/C13H21NO/c1-10(15)14-12-8-5-9-13(12,14)11-6-3-2-4-7-11/h11-12H,2-9H2,1H3. The summed E-state index contributed by atoms with van der Waals surface area (Å²) in [5.74, 6) is 1.16. The normalized spacial score (nSPS) is 40.3. The van der Waals surface area contributed by atoms with Crippen LogP contribution in [0.4, 0.5) is 0 Å². The lowest BCUT2D eigenvalue weighted by Crippen LogP contribution is -2.32. The summed E-state index contributed by atoms with van der Waals surface area (Å²) in [5, 5.41) is 0. The zero-order valence-electron chi connectivity index (χ0n) is 9.67. The Labute approximate surface area is 92.0 Å². The van der Waals surface area contributed by atoms with Crippen molar-refractivity contribution >= 4 is 5.91 Å². The molecule has 0 bridgehead atoms. The Morgan fingerprint density at radius 2 is 1.87 bits per heavy atom. The lowest BCUT2D eigenvalue weighted by Gasteiger charge is -2.29. The summed E-state index contributed by atoms with van der Waals surface area (Å²) in [4.78, 5) is 13.8. The van der Waals surface area contributed by atoms with Crippen molar-refractivity contribution < 1.29 is 4.79 Å². The highest BCUT2D eigenvalue weighted by molar-refractivity contribution is 5.79. The molecule has 0 radical (unpaired) electrons. The van der Waals surface area contributed by atoms with Gasteiger partial charge in [0.2, 0.25) is 5.91 Å². The van der Waals surface area contributed by atoms with Crippen LogP contribution in [0, 0.1) is 5.92 Å². The van der Waals surface area contributed by atoms with Crippen molar-refractivity contribution in [2.45, 2.75) is 69.9 Å². The van der Waals surface area contributed by atoms with Crippen LogP contribution in [-0.2, 0) is 4.79 Å². The fraction of sp³-hybridized carbons (Fsp3) is 0.923. The van der Waals surface area contributed by atoms with E-state index < -0.39 is 0 Å². The van der Waals surface area contributed by atoms with E-state index in [0.29, 0.717) is 17.5 Å². The molecule has 0 aromatic heterocycles. The molecule has 2 nitrogen and oxygen atoms in total. The Balaban J connectivity index is 1.80. The molecule has 2 atom stereocenters. The second kappa shape index (κ2) is 3.23. The van der Waals surface area contributed by atoms with Gasteiger partial charge in [0, 0.05) is 6.92 Å². The van der Waals surface area contributed by atoms with E-state index >= 15 is 0 Å². The van der Waals surface area contributed by atoms with Crippen molar-refractivity contribution in [1.29, 1.82) is 0 Å². The van der Waals surface area contributed by atoms with Crippen LogP contribution in [0.5, 0.6) is 0 Å². The van der Waals surface area contributed by atoms with Gasteiger partial charge >= 0.3 is 0 Å². The van der Waals surface area contributed by atoms with Crippen LogP contribution in [0.15, 0.2) is 0 Å². The molecule has 0 spiro atoms. The molecule has 3 fully saturated rings. The number of amides is 1. The second-order valence-electron chi connectivity index (χ2n) is 5.62. The molecule has 1 heterocycles. The highest BCUT2D eigenvalue weighted by Gasteiger charge is 2.68. The van der Waals surface area contributed by atoms with Gasteiger partial charge in [-0.15, -0.1) is 0 Å². The Hall–Kier alpha value is -0.530. The largest absolute Gasteiger partial charge is 0.330 e. The Bertz CT molecular complexity index is 282. The van der Waals surface area contributed by atoms with Gasteiger partial charge in [-0.1, -0.05) is 19.3 Å². The number of fused-ring (bicyclic) bond motifs is 1. The van der Waals surface area contributed by atoms with Gasteiger partial charge in [0.25, 0.3) is 0 Å². The third-order valence-corrected chi connectivity index (χ3v) is 4.98. The zero-order valence-corrected chi connectivity index (χ0v) is 9.67. The summed E-state index contributed by atoms with van der Waals surface area (Å²) in [5.41, 5.74) is 0.353. The maximum atomic E-state index is 11.6. The average Bonchev–Trinajstić information content (AvgIpc) is 2.72. The van der Waals surface area contributed by atoms with Gasteiger partial charge in [-0.2, -0.15) is 0 Å². The van der Waals surface area contributed by atoms with Gasteiger partial charge in [-0.05, 0) is 38.0 Å². The minimum atomic E-state index is 0.324. The molecule has 1 saturated heterocycles. The first kappa shape index (κ1) is 9.68. The van der Waals surface area contributed by atoms with Crippen molar-refractivity contribution in [3.63, 3.8) is 0 Å². The van der Waals surface area contributed by atoms with Crippen LogP contribution in [0.25, 0.3) is 0 Å². The molecule has 2 heteroatoms. The zero-order chi connectivity index (χ0) is 10.5. The topological polar surface area (TPSA) is 20.1 Å². The number of piperidine rings is 1. The number of carbonyl (C=O) groups excluding carboxylic acids is 1. The molecule has 15 heavy (non-hydrogen) atoms. The van der Waals surface area contributed by atoms with Crippen molar-refractivity contribution in [1.82, 2.24) is 4.90 Å². The van der Waals surface area contributed by atoms with E-state index in [9.17, 15) is 4.79 Å². The summed E-state index contributed by atoms with van der Waals surface area (Å²) in [6, 6.07) is 0.637. The van der Waals surface area contributed by atoms with Crippen LogP contribution >= 0.6 is 0 Å². The molecule has 0 N–H and O–H groups in total. The monoisotopic (exact) mass is 207 g/mol. The van der Waals surface area contributed by atoms with E-state index in [1.807, 2.05) is 0 Å². The van der Waals surface area contributed by atoms with E-state index in [2.05, 4.69) is 4.90 Å². The van der Waals surface area contributed by atoms with E-state index in [-0.39, 0.29) is 0 Å². The fourth-order valence-corrected chi connectivity index (χ4v) is 4.44. The quantitative estimate of drug-likeness (QED) is 0.605. The smallest absolute Gasteiger partial charge is 0.220 e. The summed E-state index contributed by atoms with van der Waals surface area (Å²) in [6.07, 6.45) is 10.9. The van der Waals surface area contributed by atoms with E-state index in [0.717, 1.165) is 5.92 Å². The van der Waals surface area contributed by atoms with Crippen molar-refractivity contribution in [3.05, 3.63) is 0 Å². The number of hydrogen-bond donors (Lipinski definition) is 0. The molecule has 2 unspecified atom stereocenters. The first-order chi connectivity index (χ1) is 7.27. The molecule has 2 aliphatic carbocycles. The second-order valence-corrected chi connectivity index (χ2v) is 5.62. The van der Waals surface area contributed by atoms with Gasteiger partial charge in [-0.3, -0.25) is 4.79 Å². The average molecular weight is 207 g/mol. The lowest BCUT2D eigenvalue weighted by molar-refractivity contribution is -0.126. The number of nitrogens with zero attached hydrogens (tertiary/aromatic N) is 1. The molecule has 0 aromatic rings. The molecule has 1 amide bonds. The Morgan fingerprint density at radius 1 is 1.13 bits per heavy atom. The fourth-order valence-electron chi connectivity index (χ4n) is 4.44. The molecule has 0 aromatic carbocycles. The minimum Gasteiger partial charge on any atom is -0.330 e. The maximum Gasteiger partial charge on any atom is 0.220 e. The highest BCUT2D eigenvalue weighted by atomic mass is 16.2. The van der Waals surface area contributed by atoms with Gasteiger partial charge in [0.1, 0.15) is 0 Å². The summed E-state index contributed by atoms with van der Waals surface area (Å²) in [6.45, 7) is 1.75. The Kier molecular flexibility index (Phi) is 2.08. The first-order valence-corrected chi connectivity index (χ1v) is 6.57. The van der Waals surface area contributed by atoms with Crippen LogP contribution in [0.3, 0.4) is 0 Å². The predicted molar refractivity (Wildman–Crippen MR) is 59.5 cm³/mol. The molecule has 3 aliphatic rings. The predicted octanol–water partition coefficient (Wildman–Crippen LogP) is 2.72. The molecule has 1 aliphatic heterocycles. The van der Waals surface area contributed by atoms with Gasteiger partial charge in [0.05, 0.1) is 11.6 Å². The Morgan fingerprint density at radius 3 is 2.47 bits per heavy atom. The minimum absolute atomic E-state index is 0.324. The van der Waals surface area contributed by atoms with Gasteiger partial charge in [0.15, 0.2) is 0 Å². The van der Waals surface area contributed by atoms with Crippen LogP contribution in [0.2, 0.25) is 0 Å². The molecule has 2 saturated carbocycles. The van der Waals surface area contributed by atoms with Crippen LogP contribution < -0.4 is 0 Å².